The number of carbonyl (C=O) groups excluding carboxylic acids is 1. The summed E-state index contributed by atoms with van der Waals surface area (Å²) in [6, 6.07) is 5.69. The summed E-state index contributed by atoms with van der Waals surface area (Å²) in [5.41, 5.74) is 3.89. The molecular weight excluding hydrogens is 359 g/mol. The van der Waals surface area contributed by atoms with E-state index in [-0.39, 0.29) is 17.6 Å². The van der Waals surface area contributed by atoms with Crippen LogP contribution in [0.15, 0.2) is 41.2 Å². The number of piperidine rings is 1. The molecule has 0 spiro atoms. The van der Waals surface area contributed by atoms with Crippen LogP contribution in [0.25, 0.3) is 11.3 Å². The number of likely N-dealkylation sites (tertiary alicyclic amines) is 1. The quantitative estimate of drug-likeness (QED) is 0.689. The Morgan fingerprint density at radius 1 is 1.11 bits per heavy atom. The van der Waals surface area contributed by atoms with Gasteiger partial charge in [-0.2, -0.15) is 0 Å². The Hall–Kier alpha value is -3.09. The average Bonchev–Trinajstić information content (AvgIpc) is 3.06. The Bertz CT molecular complexity index is 955. The van der Waals surface area contributed by atoms with Crippen molar-refractivity contribution < 1.29 is 13.7 Å². The van der Waals surface area contributed by atoms with Gasteiger partial charge < -0.3 is 9.42 Å². The zero-order valence-corrected chi connectivity index (χ0v) is 15.9. The van der Waals surface area contributed by atoms with E-state index in [1.54, 1.807) is 6.20 Å². The van der Waals surface area contributed by atoms with Gasteiger partial charge in [0.05, 0.1) is 28.8 Å². The van der Waals surface area contributed by atoms with Gasteiger partial charge in [0.15, 0.2) is 0 Å². The van der Waals surface area contributed by atoms with Crippen LogP contribution in [-0.4, -0.2) is 39.0 Å². The largest absolute Gasteiger partial charge is 0.361 e. The predicted molar refractivity (Wildman–Crippen MR) is 101 cm³/mol. The highest BCUT2D eigenvalue weighted by Crippen LogP contribution is 2.29. The second-order valence-electron chi connectivity index (χ2n) is 7.10. The smallest absolute Gasteiger partial charge is 0.253 e. The maximum atomic E-state index is 13.0. The topological polar surface area (TPSA) is 72.1 Å². The van der Waals surface area contributed by atoms with Gasteiger partial charge in [-0.25, -0.2) is 4.39 Å². The van der Waals surface area contributed by atoms with Crippen molar-refractivity contribution in [3.63, 3.8) is 0 Å². The molecule has 1 saturated heterocycles. The standard InChI is InChI=1S/C21H21FN4O2/c1-13-20(14(2)28-25-13)19-12-23-18(11-24-19)15-7-9-26(10-8-15)21(27)16-3-5-17(22)6-4-16/h3-6,11-12,15H,7-10H2,1-2H3. The molecule has 144 valence electrons. The maximum Gasteiger partial charge on any atom is 0.253 e. The zero-order valence-electron chi connectivity index (χ0n) is 15.9. The minimum absolute atomic E-state index is 0.0571. The first-order valence-electron chi connectivity index (χ1n) is 9.33. The first kappa shape index (κ1) is 18.3. The van der Waals surface area contributed by atoms with Crippen LogP contribution in [0.1, 0.15) is 46.3 Å². The fourth-order valence-corrected chi connectivity index (χ4v) is 3.68. The van der Waals surface area contributed by atoms with Gasteiger partial charge in [-0.15, -0.1) is 0 Å². The number of aromatic nitrogens is 3. The van der Waals surface area contributed by atoms with Crippen LogP contribution in [0.4, 0.5) is 4.39 Å². The number of aryl methyl sites for hydroxylation is 2. The molecule has 4 rings (SSSR count). The lowest BCUT2D eigenvalue weighted by Gasteiger charge is -2.31. The van der Waals surface area contributed by atoms with E-state index in [2.05, 4.69) is 15.1 Å². The third kappa shape index (κ3) is 3.52. The summed E-state index contributed by atoms with van der Waals surface area (Å²) in [4.78, 5) is 23.5. The Kier molecular flexibility index (Phi) is 4.90. The van der Waals surface area contributed by atoms with Crippen molar-refractivity contribution in [1.82, 2.24) is 20.0 Å². The fraction of sp³-hybridized carbons (Fsp3) is 0.333. The molecule has 0 saturated carbocycles. The highest BCUT2D eigenvalue weighted by molar-refractivity contribution is 5.94. The molecule has 1 aromatic carbocycles. The summed E-state index contributed by atoms with van der Waals surface area (Å²) in [6.07, 6.45) is 5.22. The minimum atomic E-state index is -0.339. The summed E-state index contributed by atoms with van der Waals surface area (Å²) in [5, 5.41) is 3.96. The summed E-state index contributed by atoms with van der Waals surface area (Å²) in [7, 11) is 0. The first-order valence-corrected chi connectivity index (χ1v) is 9.33. The van der Waals surface area contributed by atoms with Gasteiger partial charge in [0.25, 0.3) is 5.91 Å². The van der Waals surface area contributed by atoms with E-state index in [9.17, 15) is 9.18 Å². The van der Waals surface area contributed by atoms with Gasteiger partial charge in [0.2, 0.25) is 0 Å². The van der Waals surface area contributed by atoms with Gasteiger partial charge in [-0.1, -0.05) is 5.16 Å². The molecule has 2 aromatic heterocycles. The number of hydrogen-bond acceptors (Lipinski definition) is 5. The summed E-state index contributed by atoms with van der Waals surface area (Å²) >= 11 is 0. The van der Waals surface area contributed by atoms with Gasteiger partial charge in [0.1, 0.15) is 11.6 Å². The Morgan fingerprint density at radius 3 is 2.39 bits per heavy atom. The van der Waals surface area contributed by atoms with Crippen molar-refractivity contribution in [2.24, 2.45) is 0 Å². The Balaban J connectivity index is 1.41. The maximum absolute atomic E-state index is 13.0. The number of nitrogens with zero attached hydrogens (tertiary/aromatic N) is 4. The molecule has 6 nitrogen and oxygen atoms in total. The van der Waals surface area contributed by atoms with Crippen LogP contribution in [0.5, 0.6) is 0 Å². The van der Waals surface area contributed by atoms with Crippen LogP contribution in [0, 0.1) is 19.7 Å². The summed E-state index contributed by atoms with van der Waals surface area (Å²) < 4.78 is 18.2. The molecule has 1 aliphatic rings. The van der Waals surface area contributed by atoms with Crippen LogP contribution in [0.3, 0.4) is 0 Å². The van der Waals surface area contributed by atoms with E-state index >= 15 is 0 Å². The lowest BCUT2D eigenvalue weighted by atomic mass is 9.93. The minimum Gasteiger partial charge on any atom is -0.361 e. The van der Waals surface area contributed by atoms with Gasteiger partial charge in [0, 0.05) is 30.8 Å². The molecule has 1 amide bonds. The summed E-state index contributed by atoms with van der Waals surface area (Å²) in [5.74, 6) is 0.600. The van der Waals surface area contributed by atoms with Crippen LogP contribution in [0.2, 0.25) is 0 Å². The molecule has 1 fully saturated rings. The van der Waals surface area contributed by atoms with Gasteiger partial charge >= 0.3 is 0 Å². The molecule has 1 aliphatic heterocycles. The van der Waals surface area contributed by atoms with Crippen LogP contribution < -0.4 is 0 Å². The number of amides is 1. The molecule has 0 bridgehead atoms. The molecule has 3 aromatic rings. The van der Waals surface area contributed by atoms with E-state index in [0.717, 1.165) is 41.2 Å². The number of halogens is 1. The number of hydrogen-bond donors (Lipinski definition) is 0. The molecule has 3 heterocycles. The highest BCUT2D eigenvalue weighted by Gasteiger charge is 2.26. The van der Waals surface area contributed by atoms with Gasteiger partial charge in [-0.3, -0.25) is 14.8 Å². The van der Waals surface area contributed by atoms with Crippen molar-refractivity contribution in [2.45, 2.75) is 32.6 Å². The second kappa shape index (κ2) is 7.50. The Labute approximate surface area is 162 Å². The van der Waals surface area contributed by atoms with Gasteiger partial charge in [-0.05, 0) is 51.0 Å². The molecule has 7 heteroatoms. The molecule has 0 atom stereocenters. The van der Waals surface area contributed by atoms with E-state index in [1.807, 2.05) is 24.9 Å². The van der Waals surface area contributed by atoms with Crippen molar-refractivity contribution in [3.05, 3.63) is 65.2 Å². The molecular formula is C21H21FN4O2. The molecule has 0 aliphatic carbocycles. The summed E-state index contributed by atoms with van der Waals surface area (Å²) in [6.45, 7) is 5.04. The average molecular weight is 380 g/mol. The molecule has 0 radical (unpaired) electrons. The van der Waals surface area contributed by atoms with E-state index < -0.39 is 0 Å². The van der Waals surface area contributed by atoms with Crippen molar-refractivity contribution >= 4 is 5.91 Å². The van der Waals surface area contributed by atoms with E-state index in [4.69, 9.17) is 4.52 Å². The highest BCUT2D eigenvalue weighted by atomic mass is 19.1. The monoisotopic (exact) mass is 380 g/mol. The lowest BCUT2D eigenvalue weighted by molar-refractivity contribution is 0.0712. The second-order valence-corrected chi connectivity index (χ2v) is 7.10. The number of rotatable bonds is 3. The van der Waals surface area contributed by atoms with Crippen molar-refractivity contribution in [2.75, 3.05) is 13.1 Å². The van der Waals surface area contributed by atoms with Crippen molar-refractivity contribution in [1.29, 1.82) is 0 Å². The predicted octanol–water partition coefficient (Wildman–Crippen LogP) is 3.91. The normalized spacial score (nSPS) is 15.0. The number of benzene rings is 1. The SMILES string of the molecule is Cc1noc(C)c1-c1cnc(C2CCN(C(=O)c3ccc(F)cc3)CC2)cn1. The number of carbonyl (C=O) groups is 1. The fourth-order valence-electron chi connectivity index (χ4n) is 3.68. The van der Waals surface area contributed by atoms with Crippen LogP contribution >= 0.6 is 0 Å². The molecule has 28 heavy (non-hydrogen) atoms. The third-order valence-electron chi connectivity index (χ3n) is 5.25. The molecule has 0 unspecified atom stereocenters. The van der Waals surface area contributed by atoms with Crippen molar-refractivity contribution in [3.8, 4) is 11.3 Å². The van der Waals surface area contributed by atoms with E-state index in [0.29, 0.717) is 18.7 Å². The Morgan fingerprint density at radius 2 is 1.82 bits per heavy atom. The van der Waals surface area contributed by atoms with Crippen LogP contribution in [-0.2, 0) is 0 Å². The lowest BCUT2D eigenvalue weighted by Crippen LogP contribution is -2.38. The molecule has 0 N–H and O–H groups in total. The third-order valence-corrected chi connectivity index (χ3v) is 5.25. The van der Waals surface area contributed by atoms with E-state index in [1.165, 1.54) is 24.3 Å². The zero-order chi connectivity index (χ0) is 19.7. The first-order chi connectivity index (χ1) is 13.5.